The van der Waals surface area contributed by atoms with Gasteiger partial charge in [0.1, 0.15) is 0 Å². The monoisotopic (exact) mass is 271 g/mol. The topological polar surface area (TPSA) is 75.4 Å². The summed E-state index contributed by atoms with van der Waals surface area (Å²) in [4.78, 5) is 24.5. The lowest BCUT2D eigenvalue weighted by molar-refractivity contribution is -0.116. The molecule has 0 fully saturated rings. The zero-order valence-corrected chi connectivity index (χ0v) is 11.3. The van der Waals surface area contributed by atoms with Crippen LogP contribution in [-0.2, 0) is 4.79 Å². The summed E-state index contributed by atoms with van der Waals surface area (Å²) >= 11 is 0. The number of benzene rings is 1. The molecule has 18 heavy (non-hydrogen) atoms. The first-order valence-electron chi connectivity index (χ1n) is 5.36. The van der Waals surface area contributed by atoms with E-state index in [1.54, 1.807) is 38.4 Å². The van der Waals surface area contributed by atoms with Crippen molar-refractivity contribution in [1.82, 2.24) is 4.90 Å². The summed E-state index contributed by atoms with van der Waals surface area (Å²) < 4.78 is 0. The van der Waals surface area contributed by atoms with E-state index in [0.29, 0.717) is 17.8 Å². The Morgan fingerprint density at radius 3 is 2.56 bits per heavy atom. The van der Waals surface area contributed by atoms with E-state index in [1.807, 2.05) is 0 Å². The van der Waals surface area contributed by atoms with Crippen LogP contribution in [0.1, 0.15) is 16.8 Å². The van der Waals surface area contributed by atoms with Gasteiger partial charge in [-0.2, -0.15) is 0 Å². The molecule has 1 aromatic rings. The quantitative estimate of drug-likeness (QED) is 0.861. The Morgan fingerprint density at radius 2 is 2.00 bits per heavy atom. The van der Waals surface area contributed by atoms with Gasteiger partial charge in [0.15, 0.2) is 0 Å². The molecular formula is C12H18ClN3O2. The second kappa shape index (κ2) is 7.68. The van der Waals surface area contributed by atoms with E-state index in [9.17, 15) is 9.59 Å². The van der Waals surface area contributed by atoms with Crippen molar-refractivity contribution in [3.8, 4) is 0 Å². The Hall–Kier alpha value is -1.59. The van der Waals surface area contributed by atoms with E-state index in [1.165, 1.54) is 4.90 Å². The van der Waals surface area contributed by atoms with Crippen LogP contribution in [-0.4, -0.2) is 37.4 Å². The summed E-state index contributed by atoms with van der Waals surface area (Å²) in [7, 11) is 3.37. The van der Waals surface area contributed by atoms with Crippen molar-refractivity contribution in [2.45, 2.75) is 6.42 Å². The predicted molar refractivity (Wildman–Crippen MR) is 74.0 cm³/mol. The van der Waals surface area contributed by atoms with Crippen LogP contribution in [0.25, 0.3) is 0 Å². The zero-order chi connectivity index (χ0) is 12.8. The van der Waals surface area contributed by atoms with Gasteiger partial charge in [-0.15, -0.1) is 12.4 Å². The Kier molecular flexibility index (Phi) is 7.00. The average Bonchev–Trinajstić information content (AvgIpc) is 2.28. The second-order valence-electron chi connectivity index (χ2n) is 3.87. The fraction of sp³-hybridized carbons (Fsp3) is 0.333. The van der Waals surface area contributed by atoms with E-state index < -0.39 is 0 Å². The summed E-state index contributed by atoms with van der Waals surface area (Å²) in [6.45, 7) is 0.308. The number of nitrogens with one attached hydrogen (secondary N) is 1. The van der Waals surface area contributed by atoms with Crippen molar-refractivity contribution in [2.75, 3.05) is 26.0 Å². The molecule has 0 aliphatic rings. The lowest BCUT2D eigenvalue weighted by Gasteiger charge is -2.11. The lowest BCUT2D eigenvalue weighted by atomic mass is 10.2. The van der Waals surface area contributed by atoms with E-state index in [2.05, 4.69) is 5.32 Å². The number of amides is 2. The molecule has 0 unspecified atom stereocenters. The van der Waals surface area contributed by atoms with Crippen molar-refractivity contribution >= 4 is 29.9 Å². The minimum Gasteiger partial charge on any atom is -0.345 e. The van der Waals surface area contributed by atoms with Crippen LogP contribution in [0.4, 0.5) is 5.69 Å². The Balaban J connectivity index is 0.00000289. The standard InChI is InChI=1S/C12H17N3O2.ClH/c1-15(2)12(17)9-4-3-5-10(8-9)14-11(16)6-7-13;/h3-5,8H,6-7,13H2,1-2H3,(H,14,16);1H. The Morgan fingerprint density at radius 1 is 1.33 bits per heavy atom. The second-order valence-corrected chi connectivity index (χ2v) is 3.87. The van der Waals surface area contributed by atoms with E-state index in [4.69, 9.17) is 5.73 Å². The maximum Gasteiger partial charge on any atom is 0.253 e. The molecule has 0 aliphatic heterocycles. The van der Waals surface area contributed by atoms with Crippen LogP contribution in [0, 0.1) is 0 Å². The highest BCUT2D eigenvalue weighted by atomic mass is 35.5. The van der Waals surface area contributed by atoms with Gasteiger partial charge in [-0.1, -0.05) is 6.07 Å². The molecule has 1 rings (SSSR count). The molecule has 3 N–H and O–H groups in total. The van der Waals surface area contributed by atoms with Gasteiger partial charge in [-0.3, -0.25) is 9.59 Å². The summed E-state index contributed by atoms with van der Waals surface area (Å²) in [6.07, 6.45) is 0.270. The van der Waals surface area contributed by atoms with Gasteiger partial charge in [0.05, 0.1) is 0 Å². The summed E-state index contributed by atoms with van der Waals surface area (Å²) in [5.41, 5.74) is 6.43. The molecule has 0 saturated heterocycles. The summed E-state index contributed by atoms with van der Waals surface area (Å²) in [5.74, 6) is -0.248. The Labute approximate surface area is 113 Å². The minimum absolute atomic E-state index is 0. The number of hydrogen-bond donors (Lipinski definition) is 2. The number of rotatable bonds is 4. The van der Waals surface area contributed by atoms with Crippen LogP contribution < -0.4 is 11.1 Å². The zero-order valence-electron chi connectivity index (χ0n) is 10.5. The molecule has 100 valence electrons. The average molecular weight is 272 g/mol. The molecule has 6 heteroatoms. The number of nitrogens with two attached hydrogens (primary N) is 1. The van der Waals surface area contributed by atoms with Crippen LogP contribution in [0.5, 0.6) is 0 Å². The van der Waals surface area contributed by atoms with Crippen molar-refractivity contribution in [1.29, 1.82) is 0 Å². The van der Waals surface area contributed by atoms with Gasteiger partial charge >= 0.3 is 0 Å². The normalized spacial score (nSPS) is 9.28. The van der Waals surface area contributed by atoms with E-state index in [-0.39, 0.29) is 30.6 Å². The largest absolute Gasteiger partial charge is 0.345 e. The number of hydrogen-bond acceptors (Lipinski definition) is 3. The smallest absolute Gasteiger partial charge is 0.253 e. The number of carbonyl (C=O) groups excluding carboxylic acids is 2. The fourth-order valence-electron chi connectivity index (χ4n) is 1.34. The van der Waals surface area contributed by atoms with Crippen LogP contribution >= 0.6 is 12.4 Å². The van der Waals surface area contributed by atoms with Gasteiger partial charge in [-0.25, -0.2) is 0 Å². The fourth-order valence-corrected chi connectivity index (χ4v) is 1.34. The van der Waals surface area contributed by atoms with Gasteiger partial charge in [-0.05, 0) is 18.2 Å². The van der Waals surface area contributed by atoms with Crippen molar-refractivity contribution in [2.24, 2.45) is 5.73 Å². The molecule has 0 spiro atoms. The minimum atomic E-state index is -0.151. The van der Waals surface area contributed by atoms with Crippen molar-refractivity contribution in [3.05, 3.63) is 29.8 Å². The maximum absolute atomic E-state index is 11.7. The van der Waals surface area contributed by atoms with Gasteiger partial charge in [0, 0.05) is 38.3 Å². The number of halogens is 1. The molecule has 0 aromatic heterocycles. The summed E-state index contributed by atoms with van der Waals surface area (Å²) in [5, 5.41) is 2.69. The van der Waals surface area contributed by atoms with Crippen LogP contribution in [0.3, 0.4) is 0 Å². The van der Waals surface area contributed by atoms with Crippen LogP contribution in [0.2, 0.25) is 0 Å². The molecular weight excluding hydrogens is 254 g/mol. The Bertz CT molecular complexity index is 422. The van der Waals surface area contributed by atoms with Gasteiger partial charge < -0.3 is 16.0 Å². The maximum atomic E-state index is 11.7. The third-order valence-corrected chi connectivity index (χ3v) is 2.17. The molecule has 0 bridgehead atoms. The molecule has 0 aliphatic carbocycles. The van der Waals surface area contributed by atoms with E-state index in [0.717, 1.165) is 0 Å². The molecule has 0 saturated carbocycles. The number of carbonyl (C=O) groups is 2. The van der Waals surface area contributed by atoms with Crippen molar-refractivity contribution in [3.63, 3.8) is 0 Å². The predicted octanol–water partition coefficient (Wildman–Crippen LogP) is 1.10. The van der Waals surface area contributed by atoms with Gasteiger partial charge in [0.25, 0.3) is 5.91 Å². The number of anilines is 1. The molecule has 0 heterocycles. The number of nitrogens with zero attached hydrogens (tertiary/aromatic N) is 1. The van der Waals surface area contributed by atoms with Crippen LogP contribution in [0.15, 0.2) is 24.3 Å². The highest BCUT2D eigenvalue weighted by Crippen LogP contribution is 2.12. The third kappa shape index (κ3) is 4.73. The highest BCUT2D eigenvalue weighted by molar-refractivity contribution is 5.97. The summed E-state index contributed by atoms with van der Waals surface area (Å²) in [6, 6.07) is 6.83. The SMILES string of the molecule is CN(C)C(=O)c1cccc(NC(=O)CCN)c1.Cl. The first-order valence-corrected chi connectivity index (χ1v) is 5.36. The lowest BCUT2D eigenvalue weighted by Crippen LogP contribution is -2.22. The first kappa shape index (κ1) is 16.4. The molecule has 2 amide bonds. The van der Waals surface area contributed by atoms with Crippen molar-refractivity contribution < 1.29 is 9.59 Å². The van der Waals surface area contributed by atoms with Gasteiger partial charge in [0.2, 0.25) is 5.91 Å². The molecule has 5 nitrogen and oxygen atoms in total. The molecule has 1 aromatic carbocycles. The molecule has 0 radical (unpaired) electrons. The van der Waals surface area contributed by atoms with E-state index >= 15 is 0 Å². The molecule has 0 atom stereocenters. The first-order chi connectivity index (χ1) is 8.04. The highest BCUT2D eigenvalue weighted by Gasteiger charge is 2.09. The third-order valence-electron chi connectivity index (χ3n) is 2.17.